The first kappa shape index (κ1) is 16.4. The van der Waals surface area contributed by atoms with Gasteiger partial charge in [-0.3, -0.25) is 14.6 Å². The van der Waals surface area contributed by atoms with Crippen LogP contribution < -0.4 is 10.7 Å². The van der Waals surface area contributed by atoms with Gasteiger partial charge >= 0.3 is 0 Å². The average molecular weight is 310 g/mol. The van der Waals surface area contributed by atoms with Crippen LogP contribution in [-0.4, -0.2) is 23.0 Å². The first-order valence-corrected chi connectivity index (χ1v) is 7.32. The lowest BCUT2D eigenvalue weighted by molar-refractivity contribution is -0.116. The highest BCUT2D eigenvalue weighted by Crippen LogP contribution is 2.10. The molecule has 0 unspecified atom stereocenters. The molecule has 6 nitrogen and oxygen atoms in total. The van der Waals surface area contributed by atoms with Crippen molar-refractivity contribution in [1.29, 1.82) is 0 Å². The minimum atomic E-state index is -0.318. The molecule has 2 N–H and O–H groups in total. The molecule has 0 bridgehead atoms. The zero-order chi connectivity index (χ0) is 16.5. The van der Waals surface area contributed by atoms with Gasteiger partial charge in [0.2, 0.25) is 5.91 Å². The van der Waals surface area contributed by atoms with Crippen LogP contribution in [0.25, 0.3) is 0 Å². The van der Waals surface area contributed by atoms with Crippen LogP contribution in [0.2, 0.25) is 0 Å². The number of hydrogen-bond acceptors (Lipinski definition) is 4. The van der Waals surface area contributed by atoms with Crippen LogP contribution in [0.3, 0.4) is 0 Å². The van der Waals surface area contributed by atoms with E-state index in [2.05, 4.69) is 20.8 Å². The first-order valence-electron chi connectivity index (χ1n) is 7.32. The maximum Gasteiger partial charge on any atom is 0.271 e. The molecule has 0 aliphatic rings. The summed E-state index contributed by atoms with van der Waals surface area (Å²) in [5, 5.41) is 6.66. The van der Waals surface area contributed by atoms with E-state index in [1.54, 1.807) is 55.0 Å². The van der Waals surface area contributed by atoms with Crippen molar-refractivity contribution in [2.75, 3.05) is 5.32 Å². The quantitative estimate of drug-likeness (QED) is 0.635. The molecule has 2 amide bonds. The van der Waals surface area contributed by atoms with Crippen molar-refractivity contribution in [2.45, 2.75) is 19.8 Å². The average Bonchev–Trinajstić information content (AvgIpc) is 2.56. The van der Waals surface area contributed by atoms with Gasteiger partial charge in [-0.25, -0.2) is 5.43 Å². The van der Waals surface area contributed by atoms with Crippen molar-refractivity contribution in [3.8, 4) is 0 Å². The van der Waals surface area contributed by atoms with Crippen molar-refractivity contribution in [1.82, 2.24) is 10.4 Å². The third-order valence-electron chi connectivity index (χ3n) is 2.99. The van der Waals surface area contributed by atoms with Crippen molar-refractivity contribution >= 4 is 23.7 Å². The van der Waals surface area contributed by atoms with E-state index in [1.165, 1.54) is 0 Å². The second kappa shape index (κ2) is 8.43. The third-order valence-corrected chi connectivity index (χ3v) is 2.99. The van der Waals surface area contributed by atoms with Gasteiger partial charge in [0, 0.05) is 30.1 Å². The number of hydrogen-bond donors (Lipinski definition) is 2. The van der Waals surface area contributed by atoms with E-state index in [0.29, 0.717) is 17.7 Å². The number of carbonyl (C=O) groups is 2. The van der Waals surface area contributed by atoms with Crippen LogP contribution >= 0.6 is 0 Å². The summed E-state index contributed by atoms with van der Waals surface area (Å²) in [7, 11) is 0. The van der Waals surface area contributed by atoms with Gasteiger partial charge in [-0.2, -0.15) is 5.10 Å². The molecule has 0 radical (unpaired) electrons. The summed E-state index contributed by atoms with van der Waals surface area (Å²) in [6.07, 6.45) is 6.11. The molecule has 0 spiro atoms. The maximum atomic E-state index is 11.9. The SMILES string of the molecule is CCCC(=O)Nc1ccc(C(=O)N/N=C/c2ccncc2)cc1. The number of carbonyl (C=O) groups excluding carboxylic acids is 2. The van der Waals surface area contributed by atoms with Crippen molar-refractivity contribution < 1.29 is 9.59 Å². The van der Waals surface area contributed by atoms with E-state index < -0.39 is 0 Å². The highest BCUT2D eigenvalue weighted by atomic mass is 16.2. The number of nitrogens with zero attached hydrogens (tertiary/aromatic N) is 2. The summed E-state index contributed by atoms with van der Waals surface area (Å²) >= 11 is 0. The van der Waals surface area contributed by atoms with Gasteiger partial charge in [0.15, 0.2) is 0 Å². The minimum Gasteiger partial charge on any atom is -0.326 e. The lowest BCUT2D eigenvalue weighted by Crippen LogP contribution is -2.17. The highest BCUT2D eigenvalue weighted by Gasteiger charge is 2.05. The normalized spacial score (nSPS) is 10.5. The standard InChI is InChI=1S/C17H18N4O2/c1-2-3-16(22)20-15-6-4-14(5-7-15)17(23)21-19-12-13-8-10-18-11-9-13/h4-12H,2-3H2,1H3,(H,20,22)(H,21,23)/b19-12+. The Balaban J connectivity index is 1.90. The maximum absolute atomic E-state index is 11.9. The molecule has 0 aliphatic heterocycles. The molecular weight excluding hydrogens is 292 g/mol. The molecule has 0 fully saturated rings. The van der Waals surface area contributed by atoms with E-state index in [4.69, 9.17) is 0 Å². The van der Waals surface area contributed by atoms with Gasteiger partial charge < -0.3 is 5.32 Å². The van der Waals surface area contributed by atoms with Crippen molar-refractivity contribution in [3.05, 3.63) is 59.9 Å². The Bertz CT molecular complexity index is 681. The largest absolute Gasteiger partial charge is 0.326 e. The molecule has 118 valence electrons. The van der Waals surface area contributed by atoms with Crippen molar-refractivity contribution in [2.24, 2.45) is 5.10 Å². The Morgan fingerprint density at radius 2 is 1.83 bits per heavy atom. The van der Waals surface area contributed by atoms with Gasteiger partial charge in [-0.1, -0.05) is 6.92 Å². The smallest absolute Gasteiger partial charge is 0.271 e. The number of anilines is 1. The second-order valence-electron chi connectivity index (χ2n) is 4.86. The van der Waals surface area contributed by atoms with E-state index in [9.17, 15) is 9.59 Å². The molecule has 2 aromatic rings. The summed E-state index contributed by atoms with van der Waals surface area (Å²) in [6.45, 7) is 1.94. The summed E-state index contributed by atoms with van der Waals surface area (Å²) < 4.78 is 0. The summed E-state index contributed by atoms with van der Waals surface area (Å²) in [6, 6.07) is 10.2. The molecule has 1 aromatic heterocycles. The van der Waals surface area contributed by atoms with Crippen molar-refractivity contribution in [3.63, 3.8) is 0 Å². The topological polar surface area (TPSA) is 83.5 Å². The number of pyridine rings is 1. The predicted molar refractivity (Wildman–Crippen MR) is 89.3 cm³/mol. The first-order chi connectivity index (χ1) is 11.2. The second-order valence-corrected chi connectivity index (χ2v) is 4.86. The summed E-state index contributed by atoms with van der Waals surface area (Å²) in [4.78, 5) is 27.3. The van der Waals surface area contributed by atoms with E-state index in [-0.39, 0.29) is 11.8 Å². The van der Waals surface area contributed by atoms with Gasteiger partial charge in [-0.05, 0) is 48.4 Å². The van der Waals surface area contributed by atoms with Crippen LogP contribution in [0, 0.1) is 0 Å². The number of rotatable bonds is 6. The Hall–Kier alpha value is -3.02. The molecule has 23 heavy (non-hydrogen) atoms. The lowest BCUT2D eigenvalue weighted by Gasteiger charge is -2.05. The molecule has 0 atom stereocenters. The Kier molecular flexibility index (Phi) is 5.99. The summed E-state index contributed by atoms with van der Waals surface area (Å²) in [5.41, 5.74) is 4.42. The van der Waals surface area contributed by atoms with E-state index in [1.807, 2.05) is 6.92 Å². The fourth-order valence-corrected chi connectivity index (χ4v) is 1.83. The van der Waals surface area contributed by atoms with Gasteiger partial charge in [0.25, 0.3) is 5.91 Å². The molecular formula is C17H18N4O2. The zero-order valence-corrected chi connectivity index (χ0v) is 12.8. The van der Waals surface area contributed by atoms with Crippen LogP contribution in [0.4, 0.5) is 5.69 Å². The molecule has 0 saturated heterocycles. The molecule has 1 aromatic carbocycles. The number of aromatic nitrogens is 1. The monoisotopic (exact) mass is 310 g/mol. The Labute approximate surface area is 134 Å². The predicted octanol–water partition coefficient (Wildman–Crippen LogP) is 2.58. The van der Waals surface area contributed by atoms with Gasteiger partial charge in [0.1, 0.15) is 0 Å². The molecule has 1 heterocycles. The van der Waals surface area contributed by atoms with E-state index in [0.717, 1.165) is 12.0 Å². The number of amides is 2. The molecule has 6 heteroatoms. The molecule has 0 saturated carbocycles. The minimum absolute atomic E-state index is 0.0355. The number of hydrazone groups is 1. The van der Waals surface area contributed by atoms with Crippen LogP contribution in [-0.2, 0) is 4.79 Å². The molecule has 2 rings (SSSR count). The summed E-state index contributed by atoms with van der Waals surface area (Å²) in [5.74, 6) is -0.353. The number of nitrogens with one attached hydrogen (secondary N) is 2. The van der Waals surface area contributed by atoms with E-state index >= 15 is 0 Å². The Morgan fingerprint density at radius 1 is 1.13 bits per heavy atom. The lowest BCUT2D eigenvalue weighted by atomic mass is 10.2. The van der Waals surface area contributed by atoms with Gasteiger partial charge in [-0.15, -0.1) is 0 Å². The van der Waals surface area contributed by atoms with Crippen LogP contribution in [0.1, 0.15) is 35.7 Å². The fourth-order valence-electron chi connectivity index (χ4n) is 1.83. The fraction of sp³-hybridized carbons (Fsp3) is 0.176. The van der Waals surface area contributed by atoms with Crippen LogP contribution in [0.5, 0.6) is 0 Å². The zero-order valence-electron chi connectivity index (χ0n) is 12.8. The molecule has 0 aliphatic carbocycles. The Morgan fingerprint density at radius 3 is 2.48 bits per heavy atom. The third kappa shape index (κ3) is 5.35. The van der Waals surface area contributed by atoms with Gasteiger partial charge in [0.05, 0.1) is 6.21 Å². The van der Waals surface area contributed by atoms with Crippen LogP contribution in [0.15, 0.2) is 53.9 Å². The highest BCUT2D eigenvalue weighted by molar-refractivity contribution is 5.96. The number of benzene rings is 1.